The molecule has 1 rings (SSSR count). The lowest BCUT2D eigenvalue weighted by Crippen LogP contribution is -2.42. The van der Waals surface area contributed by atoms with Crippen molar-refractivity contribution in [3.05, 3.63) is 12.7 Å². The smallest absolute Gasteiger partial charge is 0.327 e. The van der Waals surface area contributed by atoms with Gasteiger partial charge in [0.2, 0.25) is 0 Å². The number of rotatable bonds is 5. The highest BCUT2D eigenvalue weighted by Gasteiger charge is 2.62. The molecule has 0 aliphatic heterocycles. The zero-order valence-corrected chi connectivity index (χ0v) is 11.5. The fraction of sp³-hybridized carbons (Fsp3) is 0.571. The van der Waals surface area contributed by atoms with E-state index in [0.717, 1.165) is 7.11 Å². The minimum absolute atomic E-state index is 0.0204. The Hall–Kier alpha value is -2.16. The second-order valence-electron chi connectivity index (χ2n) is 4.62. The summed E-state index contributed by atoms with van der Waals surface area (Å²) in [4.78, 5) is 35.4. The second-order valence-corrected chi connectivity index (χ2v) is 4.62. The van der Waals surface area contributed by atoms with Crippen molar-refractivity contribution in [2.45, 2.75) is 13.3 Å². The van der Waals surface area contributed by atoms with Gasteiger partial charge >= 0.3 is 11.9 Å². The second kappa shape index (κ2) is 6.33. The average Bonchev–Trinajstić information content (AvgIpc) is 2.81. The summed E-state index contributed by atoms with van der Waals surface area (Å²) in [6, 6.07) is 1.86. The Labute approximate surface area is 117 Å². The molecule has 0 heterocycles. The van der Waals surface area contributed by atoms with E-state index in [1.165, 1.54) is 6.08 Å². The number of ether oxygens (including phenoxy) is 2. The van der Waals surface area contributed by atoms with Gasteiger partial charge in [0.05, 0.1) is 25.7 Å². The summed E-state index contributed by atoms with van der Waals surface area (Å²) in [7, 11) is 1.14. The molecule has 1 fully saturated rings. The Balaban J connectivity index is 3.36. The molecule has 0 bridgehead atoms. The first-order valence-corrected chi connectivity index (χ1v) is 6.26. The van der Waals surface area contributed by atoms with Crippen molar-refractivity contribution in [3.8, 4) is 6.07 Å². The standard InChI is InChI=1S/C14H17NO5/c1-4-9-6-14(8-15,13(18)19-3)11(10(9)7-16)12(17)20-5-2/h4,7,9-11H,1,5-6H2,2-3H3/t9-,10-,11-,14-/m0/s1. The third-order valence-electron chi connectivity index (χ3n) is 3.72. The molecule has 6 nitrogen and oxygen atoms in total. The summed E-state index contributed by atoms with van der Waals surface area (Å²) in [6.45, 7) is 5.30. The average molecular weight is 279 g/mol. The molecular weight excluding hydrogens is 262 g/mol. The number of nitrogens with zero attached hydrogens (tertiary/aromatic N) is 1. The number of carbonyl (C=O) groups is 3. The Bertz CT molecular complexity index is 467. The van der Waals surface area contributed by atoms with E-state index in [0.29, 0.717) is 6.29 Å². The fourth-order valence-corrected chi connectivity index (χ4v) is 2.77. The van der Waals surface area contributed by atoms with Crippen LogP contribution in [0.1, 0.15) is 13.3 Å². The first-order chi connectivity index (χ1) is 9.52. The molecule has 0 spiro atoms. The predicted molar refractivity (Wildman–Crippen MR) is 68.0 cm³/mol. The van der Waals surface area contributed by atoms with Gasteiger partial charge in [-0.15, -0.1) is 6.58 Å². The molecular formula is C14H17NO5. The van der Waals surface area contributed by atoms with Crippen LogP contribution in [0.3, 0.4) is 0 Å². The first kappa shape index (κ1) is 15.9. The van der Waals surface area contributed by atoms with Crippen molar-refractivity contribution >= 4 is 18.2 Å². The normalized spacial score (nSPS) is 31.9. The van der Waals surface area contributed by atoms with Crippen LogP contribution in [-0.4, -0.2) is 31.9 Å². The van der Waals surface area contributed by atoms with Crippen LogP contribution >= 0.6 is 0 Å². The van der Waals surface area contributed by atoms with Crippen LogP contribution in [0.15, 0.2) is 12.7 Å². The fourth-order valence-electron chi connectivity index (χ4n) is 2.77. The third kappa shape index (κ3) is 2.31. The van der Waals surface area contributed by atoms with Crippen molar-refractivity contribution in [2.75, 3.05) is 13.7 Å². The summed E-state index contributed by atoms with van der Waals surface area (Å²) in [5.74, 6) is -3.98. The summed E-state index contributed by atoms with van der Waals surface area (Å²) >= 11 is 0. The van der Waals surface area contributed by atoms with E-state index in [-0.39, 0.29) is 13.0 Å². The Kier molecular flexibility index (Phi) is 5.03. The number of hydrogen-bond acceptors (Lipinski definition) is 6. The summed E-state index contributed by atoms with van der Waals surface area (Å²) in [6.07, 6.45) is 2.08. The zero-order valence-electron chi connectivity index (χ0n) is 11.5. The highest BCUT2D eigenvalue weighted by atomic mass is 16.5. The number of nitriles is 1. The zero-order chi connectivity index (χ0) is 15.3. The molecule has 0 N–H and O–H groups in total. The Morgan fingerprint density at radius 1 is 1.55 bits per heavy atom. The number of carbonyl (C=O) groups excluding carboxylic acids is 3. The van der Waals surface area contributed by atoms with Gasteiger partial charge in [-0.25, -0.2) is 0 Å². The first-order valence-electron chi connectivity index (χ1n) is 6.26. The van der Waals surface area contributed by atoms with Gasteiger partial charge in [-0.3, -0.25) is 9.59 Å². The summed E-state index contributed by atoms with van der Waals surface area (Å²) in [5, 5.41) is 9.42. The number of hydrogen-bond donors (Lipinski definition) is 0. The molecule has 0 aromatic rings. The van der Waals surface area contributed by atoms with Crippen LogP contribution in [0.2, 0.25) is 0 Å². The maximum absolute atomic E-state index is 12.1. The number of aldehydes is 1. The van der Waals surface area contributed by atoms with E-state index in [4.69, 9.17) is 4.74 Å². The van der Waals surface area contributed by atoms with Crippen LogP contribution < -0.4 is 0 Å². The third-order valence-corrected chi connectivity index (χ3v) is 3.72. The van der Waals surface area contributed by atoms with Crippen molar-refractivity contribution in [1.29, 1.82) is 5.26 Å². The topological polar surface area (TPSA) is 93.5 Å². The van der Waals surface area contributed by atoms with Gasteiger partial charge < -0.3 is 14.3 Å². The van der Waals surface area contributed by atoms with Crippen LogP contribution in [0.4, 0.5) is 0 Å². The maximum atomic E-state index is 12.1. The summed E-state index contributed by atoms with van der Waals surface area (Å²) < 4.78 is 9.56. The van der Waals surface area contributed by atoms with Crippen LogP contribution in [0.25, 0.3) is 0 Å². The van der Waals surface area contributed by atoms with E-state index in [1.807, 2.05) is 6.07 Å². The van der Waals surface area contributed by atoms with Gasteiger partial charge in [0.1, 0.15) is 6.29 Å². The van der Waals surface area contributed by atoms with Crippen LogP contribution in [-0.2, 0) is 23.9 Å². The van der Waals surface area contributed by atoms with E-state index in [2.05, 4.69) is 11.3 Å². The molecule has 6 heteroatoms. The lowest BCUT2D eigenvalue weighted by atomic mass is 9.76. The molecule has 1 aliphatic carbocycles. The molecule has 0 aromatic carbocycles. The minimum atomic E-state index is -1.70. The van der Waals surface area contributed by atoms with Gasteiger partial charge in [-0.2, -0.15) is 5.26 Å². The minimum Gasteiger partial charge on any atom is -0.468 e. The van der Waals surface area contributed by atoms with Crippen LogP contribution in [0.5, 0.6) is 0 Å². The quantitative estimate of drug-likeness (QED) is 0.421. The monoisotopic (exact) mass is 279 g/mol. The number of methoxy groups -OCH3 is 1. The van der Waals surface area contributed by atoms with Gasteiger partial charge in [-0.05, 0) is 19.3 Å². The van der Waals surface area contributed by atoms with Crippen molar-refractivity contribution in [1.82, 2.24) is 0 Å². The molecule has 108 valence electrons. The molecule has 0 unspecified atom stereocenters. The highest BCUT2D eigenvalue weighted by Crippen LogP contribution is 2.51. The summed E-state index contributed by atoms with van der Waals surface area (Å²) in [5.41, 5.74) is -1.70. The Morgan fingerprint density at radius 3 is 2.60 bits per heavy atom. The molecule has 20 heavy (non-hydrogen) atoms. The van der Waals surface area contributed by atoms with Gasteiger partial charge in [0.15, 0.2) is 5.41 Å². The van der Waals surface area contributed by atoms with Gasteiger partial charge in [-0.1, -0.05) is 6.08 Å². The van der Waals surface area contributed by atoms with Gasteiger partial charge in [0.25, 0.3) is 0 Å². The highest BCUT2D eigenvalue weighted by molar-refractivity contribution is 5.91. The maximum Gasteiger partial charge on any atom is 0.327 e. The SMILES string of the molecule is C=C[C@H]1C[C@@](C#N)(C(=O)OC)[C@H](C(=O)OCC)[C@H]1C=O. The largest absolute Gasteiger partial charge is 0.468 e. The van der Waals surface area contributed by atoms with Crippen molar-refractivity contribution in [3.63, 3.8) is 0 Å². The molecule has 0 radical (unpaired) electrons. The van der Waals surface area contributed by atoms with Crippen molar-refractivity contribution in [2.24, 2.45) is 23.2 Å². The lowest BCUT2D eigenvalue weighted by molar-refractivity contribution is -0.163. The molecule has 1 aliphatic rings. The van der Waals surface area contributed by atoms with E-state index < -0.39 is 35.1 Å². The van der Waals surface area contributed by atoms with E-state index >= 15 is 0 Å². The number of esters is 2. The van der Waals surface area contributed by atoms with E-state index in [9.17, 15) is 19.6 Å². The molecule has 4 atom stereocenters. The molecule has 1 saturated carbocycles. The predicted octanol–water partition coefficient (Wildman–Crippen LogP) is 0.870. The molecule has 0 aromatic heterocycles. The van der Waals surface area contributed by atoms with Gasteiger partial charge in [0, 0.05) is 5.92 Å². The molecule has 0 saturated heterocycles. The molecule has 0 amide bonds. The Morgan fingerprint density at radius 2 is 2.20 bits per heavy atom. The van der Waals surface area contributed by atoms with E-state index in [1.54, 1.807) is 6.92 Å². The van der Waals surface area contributed by atoms with Crippen molar-refractivity contribution < 1.29 is 23.9 Å². The lowest BCUT2D eigenvalue weighted by Gasteiger charge is -2.25. The van der Waals surface area contributed by atoms with Crippen LogP contribution in [0, 0.1) is 34.5 Å². The number of allylic oxidation sites excluding steroid dienone is 1.